The molecule has 1 aliphatic carbocycles. The number of hydrogen-bond acceptors (Lipinski definition) is 2. The molecule has 102 valence electrons. The minimum Gasteiger partial charge on any atom is -0.298 e. The molecule has 0 aromatic rings. The quantitative estimate of drug-likeness (QED) is 0.778. The molecule has 0 bridgehead atoms. The normalized spacial score (nSPS) is 28.4. The van der Waals surface area contributed by atoms with Crippen molar-refractivity contribution < 1.29 is 13.2 Å². The van der Waals surface area contributed by atoms with Gasteiger partial charge in [0.05, 0.1) is 6.07 Å². The lowest BCUT2D eigenvalue weighted by atomic mass is 9.95. The summed E-state index contributed by atoms with van der Waals surface area (Å²) in [5.74, 6) is -1.28. The maximum absolute atomic E-state index is 12.6. The molecule has 0 spiro atoms. The molecule has 2 fully saturated rings. The smallest absolute Gasteiger partial charge is 0.298 e. The summed E-state index contributed by atoms with van der Waals surface area (Å²) in [5.41, 5.74) is 0. The summed E-state index contributed by atoms with van der Waals surface area (Å²) in [5, 5.41) is 8.68. The summed E-state index contributed by atoms with van der Waals surface area (Å²) in [6, 6.07) is 1.70. The van der Waals surface area contributed by atoms with Crippen LogP contribution in [0.15, 0.2) is 0 Å². The highest BCUT2D eigenvalue weighted by Gasteiger charge is 2.43. The van der Waals surface area contributed by atoms with Gasteiger partial charge in [-0.15, -0.1) is 0 Å². The molecule has 0 aromatic carbocycles. The van der Waals surface area contributed by atoms with Crippen molar-refractivity contribution in [3.8, 4) is 6.07 Å². The van der Waals surface area contributed by atoms with Gasteiger partial charge in [-0.05, 0) is 38.1 Å². The maximum Gasteiger partial charge on any atom is 0.405 e. The zero-order valence-corrected chi connectivity index (χ0v) is 10.4. The van der Waals surface area contributed by atoms with Gasteiger partial charge in [0.2, 0.25) is 0 Å². The number of nitriles is 1. The first kappa shape index (κ1) is 13.7. The van der Waals surface area contributed by atoms with E-state index in [2.05, 4.69) is 0 Å². The molecule has 1 saturated heterocycles. The van der Waals surface area contributed by atoms with Gasteiger partial charge in [-0.2, -0.15) is 18.4 Å². The van der Waals surface area contributed by atoms with Crippen molar-refractivity contribution in [3.63, 3.8) is 0 Å². The molecule has 2 unspecified atom stereocenters. The van der Waals surface area contributed by atoms with Crippen LogP contribution in [0.2, 0.25) is 0 Å². The van der Waals surface area contributed by atoms with E-state index in [0.29, 0.717) is 5.92 Å². The maximum atomic E-state index is 12.6. The predicted molar refractivity (Wildman–Crippen MR) is 61.7 cm³/mol. The Balaban J connectivity index is 1.97. The highest BCUT2D eigenvalue weighted by atomic mass is 19.4. The number of nitrogens with zero attached hydrogens (tertiary/aromatic N) is 2. The van der Waals surface area contributed by atoms with Crippen molar-refractivity contribution in [3.05, 3.63) is 0 Å². The molecule has 0 radical (unpaired) electrons. The van der Waals surface area contributed by atoms with Crippen LogP contribution < -0.4 is 0 Å². The van der Waals surface area contributed by atoms with Crippen LogP contribution in [0.4, 0.5) is 13.2 Å². The molecule has 2 nitrogen and oxygen atoms in total. The number of likely N-dealkylation sites (tertiary alicyclic amines) is 1. The SMILES string of the molecule is N#CC(CN1CCCC1C1CCCC1)C(F)(F)F. The van der Waals surface area contributed by atoms with Crippen molar-refractivity contribution in [2.24, 2.45) is 11.8 Å². The molecule has 0 aromatic heterocycles. The lowest BCUT2D eigenvalue weighted by Gasteiger charge is -2.31. The van der Waals surface area contributed by atoms with Crippen LogP contribution in [-0.4, -0.2) is 30.2 Å². The van der Waals surface area contributed by atoms with E-state index in [1.54, 1.807) is 0 Å². The molecule has 1 heterocycles. The highest BCUT2D eigenvalue weighted by Crippen LogP contribution is 2.37. The first-order valence-corrected chi connectivity index (χ1v) is 6.72. The molecule has 2 rings (SSSR count). The van der Waals surface area contributed by atoms with Crippen LogP contribution >= 0.6 is 0 Å². The summed E-state index contributed by atoms with van der Waals surface area (Å²) in [6.07, 6.45) is 2.27. The van der Waals surface area contributed by atoms with E-state index >= 15 is 0 Å². The topological polar surface area (TPSA) is 27.0 Å². The fourth-order valence-corrected chi connectivity index (χ4v) is 3.41. The fraction of sp³-hybridized carbons (Fsp3) is 0.923. The second kappa shape index (κ2) is 5.48. The van der Waals surface area contributed by atoms with Gasteiger partial charge in [-0.25, -0.2) is 0 Å². The molecule has 0 amide bonds. The molecular formula is C13H19F3N2. The second-order valence-electron chi connectivity index (χ2n) is 5.47. The Morgan fingerprint density at radius 1 is 1.17 bits per heavy atom. The zero-order chi connectivity index (χ0) is 13.2. The number of halogens is 3. The third-order valence-corrected chi connectivity index (χ3v) is 4.33. The van der Waals surface area contributed by atoms with Gasteiger partial charge in [0.15, 0.2) is 5.92 Å². The second-order valence-corrected chi connectivity index (χ2v) is 5.47. The Kier molecular flexibility index (Phi) is 4.16. The van der Waals surface area contributed by atoms with Crippen molar-refractivity contribution >= 4 is 0 Å². The lowest BCUT2D eigenvalue weighted by molar-refractivity contribution is -0.164. The molecule has 1 aliphatic heterocycles. The van der Waals surface area contributed by atoms with Gasteiger partial charge in [-0.3, -0.25) is 4.90 Å². The van der Waals surface area contributed by atoms with E-state index in [1.165, 1.54) is 18.9 Å². The Bertz CT molecular complexity index is 315. The highest BCUT2D eigenvalue weighted by molar-refractivity contribution is 4.95. The van der Waals surface area contributed by atoms with Crippen molar-refractivity contribution in [1.29, 1.82) is 5.26 Å². The van der Waals surface area contributed by atoms with Crippen LogP contribution in [0, 0.1) is 23.2 Å². The van der Waals surface area contributed by atoms with Gasteiger partial charge in [0.25, 0.3) is 0 Å². The van der Waals surface area contributed by atoms with Crippen LogP contribution in [0.25, 0.3) is 0 Å². The van der Waals surface area contributed by atoms with E-state index in [-0.39, 0.29) is 12.6 Å². The third kappa shape index (κ3) is 2.97. The van der Waals surface area contributed by atoms with E-state index in [0.717, 1.165) is 32.2 Å². The van der Waals surface area contributed by atoms with Gasteiger partial charge >= 0.3 is 6.18 Å². The minimum absolute atomic E-state index is 0.138. The minimum atomic E-state index is -4.39. The molecule has 1 saturated carbocycles. The van der Waals surface area contributed by atoms with Gasteiger partial charge in [0, 0.05) is 12.6 Å². The first-order valence-electron chi connectivity index (χ1n) is 6.72. The van der Waals surface area contributed by atoms with E-state index < -0.39 is 12.1 Å². The van der Waals surface area contributed by atoms with Gasteiger partial charge in [0.1, 0.15) is 0 Å². The number of rotatable bonds is 3. The molecule has 0 N–H and O–H groups in total. The number of hydrogen-bond donors (Lipinski definition) is 0. The standard InChI is InChI=1S/C13H19F3N2/c14-13(15,16)11(8-17)9-18-7-3-6-12(18)10-4-1-2-5-10/h10-12H,1-7,9H2. The number of alkyl halides is 3. The first-order chi connectivity index (χ1) is 8.52. The summed E-state index contributed by atoms with van der Waals surface area (Å²) < 4.78 is 37.9. The van der Waals surface area contributed by atoms with Gasteiger partial charge in [-0.1, -0.05) is 12.8 Å². The average molecular weight is 260 g/mol. The van der Waals surface area contributed by atoms with E-state index in [1.807, 2.05) is 4.90 Å². The third-order valence-electron chi connectivity index (χ3n) is 4.33. The molecule has 2 aliphatic rings. The largest absolute Gasteiger partial charge is 0.405 e. The van der Waals surface area contributed by atoms with E-state index in [9.17, 15) is 13.2 Å². The molecule has 2 atom stereocenters. The Labute approximate surface area is 106 Å². The summed E-state index contributed by atoms with van der Waals surface area (Å²) in [7, 11) is 0. The molecular weight excluding hydrogens is 241 g/mol. The molecule has 18 heavy (non-hydrogen) atoms. The van der Waals surface area contributed by atoms with Crippen LogP contribution in [0.1, 0.15) is 38.5 Å². The van der Waals surface area contributed by atoms with Crippen molar-refractivity contribution in [2.75, 3.05) is 13.1 Å². The predicted octanol–water partition coefficient (Wildman–Crippen LogP) is 3.34. The van der Waals surface area contributed by atoms with Crippen LogP contribution in [-0.2, 0) is 0 Å². The Morgan fingerprint density at radius 3 is 2.39 bits per heavy atom. The monoisotopic (exact) mass is 260 g/mol. The zero-order valence-electron chi connectivity index (χ0n) is 10.4. The summed E-state index contributed by atoms with van der Waals surface area (Å²) in [4.78, 5) is 1.91. The average Bonchev–Trinajstić information content (AvgIpc) is 2.94. The van der Waals surface area contributed by atoms with E-state index in [4.69, 9.17) is 5.26 Å². The van der Waals surface area contributed by atoms with Crippen LogP contribution in [0.5, 0.6) is 0 Å². The summed E-state index contributed by atoms with van der Waals surface area (Å²) >= 11 is 0. The molecule has 5 heteroatoms. The Hall–Kier alpha value is -0.760. The van der Waals surface area contributed by atoms with Crippen LogP contribution in [0.3, 0.4) is 0 Å². The summed E-state index contributed by atoms with van der Waals surface area (Å²) in [6.45, 7) is 0.580. The van der Waals surface area contributed by atoms with Crippen molar-refractivity contribution in [2.45, 2.75) is 50.7 Å². The van der Waals surface area contributed by atoms with Crippen molar-refractivity contribution in [1.82, 2.24) is 4.90 Å². The Morgan fingerprint density at radius 2 is 1.83 bits per heavy atom. The van der Waals surface area contributed by atoms with Gasteiger partial charge < -0.3 is 0 Å². The lowest BCUT2D eigenvalue weighted by Crippen LogP contribution is -2.41. The fourth-order valence-electron chi connectivity index (χ4n) is 3.41.